The van der Waals surface area contributed by atoms with Crippen molar-refractivity contribution < 1.29 is 14.2 Å². The molecule has 0 atom stereocenters. The molecule has 0 heterocycles. The lowest BCUT2D eigenvalue weighted by Crippen LogP contribution is -1.97. The zero-order valence-corrected chi connectivity index (χ0v) is 8.63. The van der Waals surface area contributed by atoms with Gasteiger partial charge in [0.25, 0.3) is 0 Å². The summed E-state index contributed by atoms with van der Waals surface area (Å²) in [6.07, 6.45) is 0. The van der Waals surface area contributed by atoms with E-state index in [1.165, 1.54) is 19.2 Å². The Kier molecular flexibility index (Phi) is 3.28. The van der Waals surface area contributed by atoms with Gasteiger partial charge in [0, 0.05) is 5.56 Å². The Morgan fingerprint density at radius 3 is 2.75 bits per heavy atom. The minimum absolute atomic E-state index is 0.287. The minimum atomic E-state index is -0.400. The van der Waals surface area contributed by atoms with Gasteiger partial charge in [-0.1, -0.05) is 0 Å². The quantitative estimate of drug-likeness (QED) is 0.840. The fraction of sp³-hybridized carbons (Fsp3) is 0.250. The van der Waals surface area contributed by atoms with Gasteiger partial charge in [0.1, 0.15) is 11.6 Å². The first-order valence-corrected chi connectivity index (χ1v) is 4.40. The summed E-state index contributed by atoms with van der Waals surface area (Å²) in [6.45, 7) is -0.304. The third-order valence-corrected chi connectivity index (χ3v) is 2.71. The van der Waals surface area contributed by atoms with Gasteiger partial charge in [0.15, 0.2) is 0 Å². The monoisotopic (exact) mass is 282 g/mol. The Bertz CT molecular complexity index is 289. The van der Waals surface area contributed by atoms with Crippen LogP contribution in [0.25, 0.3) is 0 Å². The van der Waals surface area contributed by atoms with Crippen LogP contribution in [0.3, 0.4) is 0 Å². The van der Waals surface area contributed by atoms with E-state index >= 15 is 0 Å². The second kappa shape index (κ2) is 4.04. The van der Waals surface area contributed by atoms with Gasteiger partial charge in [-0.25, -0.2) is 4.39 Å². The second-order valence-corrected chi connectivity index (χ2v) is 3.28. The molecule has 0 aromatic heterocycles. The molecule has 0 fully saturated rings. The van der Waals surface area contributed by atoms with Crippen LogP contribution in [0, 0.1) is 9.39 Å². The van der Waals surface area contributed by atoms with Crippen molar-refractivity contribution in [3.63, 3.8) is 0 Å². The van der Waals surface area contributed by atoms with E-state index in [1.54, 1.807) is 0 Å². The molecule has 0 unspecified atom stereocenters. The number of halogens is 2. The van der Waals surface area contributed by atoms with Crippen molar-refractivity contribution in [2.45, 2.75) is 6.61 Å². The van der Waals surface area contributed by atoms with Crippen LogP contribution in [-0.2, 0) is 6.61 Å². The van der Waals surface area contributed by atoms with Crippen molar-refractivity contribution in [2.24, 2.45) is 0 Å². The molecule has 1 aromatic carbocycles. The molecule has 1 rings (SSSR count). The number of aliphatic hydroxyl groups is 1. The Hall–Kier alpha value is -0.360. The summed E-state index contributed by atoms with van der Waals surface area (Å²) in [5.74, 6) is 0.184. The lowest BCUT2D eigenvalue weighted by Gasteiger charge is -2.07. The molecule has 1 aromatic rings. The molecule has 0 bridgehead atoms. The van der Waals surface area contributed by atoms with E-state index in [2.05, 4.69) is 0 Å². The molecule has 12 heavy (non-hydrogen) atoms. The summed E-state index contributed by atoms with van der Waals surface area (Å²) in [6, 6.07) is 2.82. The molecule has 4 heteroatoms. The number of benzene rings is 1. The Morgan fingerprint density at radius 1 is 1.58 bits per heavy atom. The van der Waals surface area contributed by atoms with Gasteiger partial charge in [-0.05, 0) is 34.7 Å². The van der Waals surface area contributed by atoms with E-state index in [0.717, 1.165) is 0 Å². The molecule has 0 aliphatic rings. The van der Waals surface area contributed by atoms with Crippen LogP contribution in [0.2, 0.25) is 0 Å². The topological polar surface area (TPSA) is 29.5 Å². The first-order valence-electron chi connectivity index (χ1n) is 3.32. The van der Waals surface area contributed by atoms with E-state index in [0.29, 0.717) is 9.32 Å². The number of hydrogen-bond acceptors (Lipinski definition) is 2. The lowest BCUT2D eigenvalue weighted by atomic mass is 10.2. The van der Waals surface area contributed by atoms with Gasteiger partial charge < -0.3 is 9.84 Å². The average molecular weight is 282 g/mol. The summed E-state index contributed by atoms with van der Waals surface area (Å²) in [4.78, 5) is 0. The molecule has 0 saturated heterocycles. The van der Waals surface area contributed by atoms with E-state index in [-0.39, 0.29) is 12.2 Å². The third kappa shape index (κ3) is 1.69. The number of rotatable bonds is 2. The standard InChI is InChI=1S/C8H8FIO2/c1-12-7-3-2-6(9)5(4-11)8(7)10/h2-3,11H,4H2,1H3. The summed E-state index contributed by atoms with van der Waals surface area (Å²) in [5, 5.41) is 8.82. The van der Waals surface area contributed by atoms with Crippen molar-refractivity contribution in [2.75, 3.05) is 7.11 Å². The van der Waals surface area contributed by atoms with Crippen molar-refractivity contribution in [3.05, 3.63) is 27.1 Å². The van der Waals surface area contributed by atoms with Crippen molar-refractivity contribution in [1.29, 1.82) is 0 Å². The summed E-state index contributed by atoms with van der Waals surface area (Å²) in [5.41, 5.74) is 0.287. The van der Waals surface area contributed by atoms with Crippen molar-refractivity contribution in [3.8, 4) is 5.75 Å². The molecular formula is C8H8FIO2. The van der Waals surface area contributed by atoms with Crippen molar-refractivity contribution >= 4 is 22.6 Å². The van der Waals surface area contributed by atoms with E-state index in [1.807, 2.05) is 22.6 Å². The van der Waals surface area contributed by atoms with Crippen LogP contribution in [0.5, 0.6) is 5.75 Å². The van der Waals surface area contributed by atoms with Crippen LogP contribution < -0.4 is 4.74 Å². The van der Waals surface area contributed by atoms with Crippen LogP contribution >= 0.6 is 22.6 Å². The predicted molar refractivity (Wildman–Crippen MR) is 51.6 cm³/mol. The molecule has 0 radical (unpaired) electrons. The molecule has 0 spiro atoms. The highest BCUT2D eigenvalue weighted by molar-refractivity contribution is 14.1. The highest BCUT2D eigenvalue weighted by Crippen LogP contribution is 2.26. The van der Waals surface area contributed by atoms with Crippen LogP contribution in [0.15, 0.2) is 12.1 Å². The normalized spacial score (nSPS) is 10.0. The minimum Gasteiger partial charge on any atom is -0.496 e. The summed E-state index contributed by atoms with van der Waals surface area (Å²) < 4.78 is 18.5. The Balaban J connectivity index is 3.24. The summed E-state index contributed by atoms with van der Waals surface area (Å²) >= 11 is 1.94. The molecule has 1 N–H and O–H groups in total. The maximum absolute atomic E-state index is 12.9. The van der Waals surface area contributed by atoms with Gasteiger partial charge in [-0.15, -0.1) is 0 Å². The average Bonchev–Trinajstić information content (AvgIpc) is 2.06. The van der Waals surface area contributed by atoms with E-state index < -0.39 is 5.82 Å². The Morgan fingerprint density at radius 2 is 2.25 bits per heavy atom. The Labute approximate surface area is 83.5 Å². The molecule has 2 nitrogen and oxygen atoms in total. The number of aliphatic hydroxyl groups excluding tert-OH is 1. The van der Waals surface area contributed by atoms with Gasteiger partial charge in [-0.3, -0.25) is 0 Å². The lowest BCUT2D eigenvalue weighted by molar-refractivity contribution is 0.273. The highest BCUT2D eigenvalue weighted by atomic mass is 127. The fourth-order valence-electron chi connectivity index (χ4n) is 0.879. The van der Waals surface area contributed by atoms with Gasteiger partial charge in [-0.2, -0.15) is 0 Å². The predicted octanol–water partition coefficient (Wildman–Crippen LogP) is 1.93. The highest BCUT2D eigenvalue weighted by Gasteiger charge is 2.09. The van der Waals surface area contributed by atoms with Crippen LogP contribution in [0.1, 0.15) is 5.56 Å². The largest absolute Gasteiger partial charge is 0.496 e. The summed E-state index contributed by atoms with van der Waals surface area (Å²) in [7, 11) is 1.51. The van der Waals surface area contributed by atoms with E-state index in [9.17, 15) is 4.39 Å². The van der Waals surface area contributed by atoms with Gasteiger partial charge >= 0.3 is 0 Å². The van der Waals surface area contributed by atoms with Gasteiger partial charge in [0.05, 0.1) is 17.3 Å². The molecule has 0 aliphatic carbocycles. The first kappa shape index (κ1) is 9.73. The first-order chi connectivity index (χ1) is 5.70. The molecular weight excluding hydrogens is 274 g/mol. The van der Waals surface area contributed by atoms with Gasteiger partial charge in [0.2, 0.25) is 0 Å². The maximum Gasteiger partial charge on any atom is 0.132 e. The van der Waals surface area contributed by atoms with Crippen LogP contribution in [0.4, 0.5) is 4.39 Å². The molecule has 0 saturated carbocycles. The fourth-order valence-corrected chi connectivity index (χ4v) is 1.71. The number of ether oxygens (including phenoxy) is 1. The molecule has 0 aliphatic heterocycles. The maximum atomic E-state index is 12.9. The van der Waals surface area contributed by atoms with Crippen molar-refractivity contribution in [1.82, 2.24) is 0 Å². The molecule has 0 amide bonds. The molecule has 66 valence electrons. The number of methoxy groups -OCH3 is 1. The second-order valence-electron chi connectivity index (χ2n) is 2.20. The van der Waals surface area contributed by atoms with Crippen LogP contribution in [-0.4, -0.2) is 12.2 Å². The SMILES string of the molecule is COc1ccc(F)c(CO)c1I. The third-order valence-electron chi connectivity index (χ3n) is 1.53. The smallest absolute Gasteiger partial charge is 0.132 e. The number of hydrogen-bond donors (Lipinski definition) is 1. The van der Waals surface area contributed by atoms with E-state index in [4.69, 9.17) is 9.84 Å². The zero-order valence-electron chi connectivity index (χ0n) is 6.47. The zero-order chi connectivity index (χ0) is 9.14.